The number of aromatic nitrogens is 4. The van der Waals surface area contributed by atoms with Crippen molar-refractivity contribution in [1.82, 2.24) is 38.7 Å². The summed E-state index contributed by atoms with van der Waals surface area (Å²) in [6.07, 6.45) is 9.89. The molecule has 2 aromatic carbocycles. The molecule has 2 atom stereocenters. The van der Waals surface area contributed by atoms with Gasteiger partial charge in [-0.3, -0.25) is 15.6 Å². The van der Waals surface area contributed by atoms with Crippen LogP contribution in [0, 0.1) is 10.8 Å². The molecular formula is C36H53N10O6-. The second-order valence-electron chi connectivity index (χ2n) is 12.0. The molecule has 4 aromatic rings. The molecule has 2 aromatic heterocycles. The molecule has 16 heteroatoms. The van der Waals surface area contributed by atoms with Gasteiger partial charge in [-0.15, -0.1) is 0 Å². The second kappa shape index (κ2) is 22.6. The van der Waals surface area contributed by atoms with Gasteiger partial charge in [0.1, 0.15) is 11.5 Å². The minimum absolute atomic E-state index is 0.0166. The highest BCUT2D eigenvalue weighted by atomic mass is 16.5. The molecule has 0 aliphatic heterocycles. The summed E-state index contributed by atoms with van der Waals surface area (Å²) in [6, 6.07) is 14.1. The molecule has 0 bridgehead atoms. The number of carbonyl (C=O) groups is 2. The summed E-state index contributed by atoms with van der Waals surface area (Å²) in [4.78, 5) is 36.7. The van der Waals surface area contributed by atoms with E-state index in [4.69, 9.17) is 25.4 Å². The Hall–Kier alpha value is -6.06. The first-order valence-corrected chi connectivity index (χ1v) is 16.0. The van der Waals surface area contributed by atoms with Crippen LogP contribution in [0.2, 0.25) is 0 Å². The molecule has 3 N–H and O–H groups in total. The van der Waals surface area contributed by atoms with Gasteiger partial charge in [0.25, 0.3) is 0 Å². The zero-order chi connectivity index (χ0) is 39.4. The van der Waals surface area contributed by atoms with E-state index in [0.29, 0.717) is 11.9 Å². The summed E-state index contributed by atoms with van der Waals surface area (Å²) in [5.74, 6) is 0.582. The average molecular weight is 722 g/mol. The van der Waals surface area contributed by atoms with Crippen molar-refractivity contribution < 1.29 is 29.3 Å². The van der Waals surface area contributed by atoms with E-state index in [1.54, 1.807) is 92.5 Å². The molecule has 0 saturated heterocycles. The van der Waals surface area contributed by atoms with Gasteiger partial charge >= 0.3 is 5.97 Å². The number of methoxy groups -OCH3 is 2. The standard InChI is InChI=1S/2C13H14N2O3.2C5H13N3/c2*1-18-11-4-2-10(3-5-11)12(8-13(16)17)15-7-6-14-9-15;2*1-7(2)5(6)8(3)4/h2*2-7,9,12H,8H2,1H3,(H,16,17);2*6H,1-4H3/p-1. The minimum atomic E-state index is -1.09. The van der Waals surface area contributed by atoms with E-state index in [0.717, 1.165) is 22.6 Å². The highest BCUT2D eigenvalue weighted by molar-refractivity contribution is 5.76. The summed E-state index contributed by atoms with van der Waals surface area (Å²) in [5, 5.41) is 34.3. The largest absolute Gasteiger partial charge is 0.550 e. The maximum Gasteiger partial charge on any atom is 0.305 e. The molecule has 2 unspecified atom stereocenters. The smallest absolute Gasteiger partial charge is 0.305 e. The molecule has 0 saturated carbocycles. The molecule has 0 aliphatic carbocycles. The van der Waals surface area contributed by atoms with Crippen LogP contribution in [0.5, 0.6) is 11.5 Å². The van der Waals surface area contributed by atoms with Gasteiger partial charge in [0, 0.05) is 93.6 Å². The van der Waals surface area contributed by atoms with E-state index >= 15 is 0 Å². The summed E-state index contributed by atoms with van der Waals surface area (Å²) in [5.41, 5.74) is 1.79. The number of rotatable bonds is 10. The van der Waals surface area contributed by atoms with Crippen LogP contribution in [-0.2, 0) is 9.59 Å². The van der Waals surface area contributed by atoms with Gasteiger partial charge in [-0.05, 0) is 35.4 Å². The number of ether oxygens (including phenoxy) is 2. The number of hydrogen-bond acceptors (Lipinski definition) is 9. The van der Waals surface area contributed by atoms with Gasteiger partial charge < -0.3 is 53.2 Å². The number of carboxylic acid groups (broad SMARTS) is 2. The number of benzene rings is 2. The Morgan fingerprint density at radius 2 is 1.00 bits per heavy atom. The fourth-order valence-corrected chi connectivity index (χ4v) is 4.47. The SMILES string of the molecule is CN(C)C(=N)N(C)C.CN(C)C(=N)N(C)C.COc1ccc(C(CC(=O)O)n2ccnc2)cc1.COc1ccc(C(CC(=O)[O-])n2ccnc2)cc1. The van der Waals surface area contributed by atoms with Crippen molar-refractivity contribution in [2.24, 2.45) is 0 Å². The maximum atomic E-state index is 10.9. The lowest BCUT2D eigenvalue weighted by Gasteiger charge is -2.19. The molecule has 0 spiro atoms. The molecule has 0 fully saturated rings. The van der Waals surface area contributed by atoms with Crippen molar-refractivity contribution in [2.75, 3.05) is 70.6 Å². The Morgan fingerprint density at radius 1 is 0.673 bits per heavy atom. The molecule has 284 valence electrons. The molecule has 0 amide bonds. The van der Waals surface area contributed by atoms with Gasteiger partial charge in [-0.2, -0.15) is 0 Å². The predicted molar refractivity (Wildman–Crippen MR) is 199 cm³/mol. The van der Waals surface area contributed by atoms with Crippen molar-refractivity contribution in [3.8, 4) is 11.5 Å². The van der Waals surface area contributed by atoms with Gasteiger partial charge in [0.2, 0.25) is 0 Å². The number of guanidine groups is 2. The first kappa shape index (κ1) is 44.0. The third-order valence-corrected chi connectivity index (χ3v) is 7.19. The molecule has 2 heterocycles. The Bertz CT molecular complexity index is 1460. The quantitative estimate of drug-likeness (QED) is 0.161. The highest BCUT2D eigenvalue weighted by Gasteiger charge is 2.17. The Morgan fingerprint density at radius 3 is 1.21 bits per heavy atom. The molecular weight excluding hydrogens is 668 g/mol. The van der Waals surface area contributed by atoms with E-state index in [9.17, 15) is 14.7 Å². The van der Waals surface area contributed by atoms with Gasteiger partial charge in [0.15, 0.2) is 11.9 Å². The monoisotopic (exact) mass is 721 g/mol. The lowest BCUT2D eigenvalue weighted by Crippen LogP contribution is -2.34. The van der Waals surface area contributed by atoms with E-state index in [-0.39, 0.29) is 24.9 Å². The molecule has 0 radical (unpaired) electrons. The average Bonchev–Trinajstić information content (AvgIpc) is 3.85. The van der Waals surface area contributed by atoms with Gasteiger partial charge in [-0.25, -0.2) is 9.97 Å². The molecule has 16 nitrogen and oxygen atoms in total. The molecule has 52 heavy (non-hydrogen) atoms. The number of nitrogens with one attached hydrogen (secondary N) is 2. The number of carbonyl (C=O) groups excluding carboxylic acids is 1. The Labute approximate surface area is 306 Å². The van der Waals surface area contributed by atoms with E-state index < -0.39 is 11.9 Å². The van der Waals surface area contributed by atoms with Crippen LogP contribution in [0.25, 0.3) is 0 Å². The lowest BCUT2D eigenvalue weighted by molar-refractivity contribution is -0.306. The van der Waals surface area contributed by atoms with Crippen LogP contribution in [0.1, 0.15) is 36.1 Å². The first-order chi connectivity index (χ1) is 24.5. The van der Waals surface area contributed by atoms with Crippen LogP contribution in [-0.4, -0.2) is 138 Å². The zero-order valence-electron chi connectivity index (χ0n) is 31.7. The fourth-order valence-electron chi connectivity index (χ4n) is 4.47. The minimum Gasteiger partial charge on any atom is -0.550 e. The number of nitrogens with zero attached hydrogens (tertiary/aromatic N) is 8. The van der Waals surface area contributed by atoms with Crippen LogP contribution in [0.4, 0.5) is 0 Å². The van der Waals surface area contributed by atoms with Crippen molar-refractivity contribution in [1.29, 1.82) is 10.8 Å². The predicted octanol–water partition coefficient (Wildman–Crippen LogP) is 2.67. The van der Waals surface area contributed by atoms with Crippen molar-refractivity contribution in [2.45, 2.75) is 24.9 Å². The van der Waals surface area contributed by atoms with Crippen LogP contribution in [0.15, 0.2) is 86.0 Å². The van der Waals surface area contributed by atoms with Crippen LogP contribution >= 0.6 is 0 Å². The fraction of sp³-hybridized carbons (Fsp3) is 0.389. The van der Waals surface area contributed by atoms with Crippen LogP contribution < -0.4 is 14.6 Å². The Balaban J connectivity index is 0.000000373. The molecule has 0 aliphatic rings. The second-order valence-corrected chi connectivity index (χ2v) is 12.0. The van der Waals surface area contributed by atoms with E-state index in [1.165, 1.54) is 0 Å². The molecule has 4 rings (SSSR count). The summed E-state index contributed by atoms with van der Waals surface area (Å²) in [7, 11) is 18.0. The number of imidazole rings is 2. The summed E-state index contributed by atoms with van der Waals surface area (Å²) < 4.78 is 13.7. The zero-order valence-corrected chi connectivity index (χ0v) is 31.7. The Kier molecular flexibility index (Phi) is 19.1. The third kappa shape index (κ3) is 15.7. The first-order valence-electron chi connectivity index (χ1n) is 16.0. The highest BCUT2D eigenvalue weighted by Crippen LogP contribution is 2.25. The normalized spacial score (nSPS) is 11.0. The number of hydrogen-bond donors (Lipinski definition) is 3. The van der Waals surface area contributed by atoms with Crippen molar-refractivity contribution >= 4 is 23.9 Å². The van der Waals surface area contributed by atoms with Crippen molar-refractivity contribution in [3.05, 3.63) is 97.1 Å². The van der Waals surface area contributed by atoms with E-state index in [1.807, 2.05) is 92.8 Å². The van der Waals surface area contributed by atoms with Gasteiger partial charge in [0.05, 0.1) is 45.4 Å². The van der Waals surface area contributed by atoms with Crippen LogP contribution in [0.3, 0.4) is 0 Å². The lowest BCUT2D eigenvalue weighted by atomic mass is 10.0. The van der Waals surface area contributed by atoms with E-state index in [2.05, 4.69) is 9.97 Å². The summed E-state index contributed by atoms with van der Waals surface area (Å²) in [6.45, 7) is 0. The number of carboxylic acids is 2. The summed E-state index contributed by atoms with van der Waals surface area (Å²) >= 11 is 0. The third-order valence-electron chi connectivity index (χ3n) is 7.19. The topological polar surface area (TPSA) is 192 Å². The van der Waals surface area contributed by atoms with Gasteiger partial charge in [-0.1, -0.05) is 24.3 Å². The van der Waals surface area contributed by atoms with Crippen molar-refractivity contribution in [3.63, 3.8) is 0 Å². The number of aliphatic carboxylic acids is 2. The maximum absolute atomic E-state index is 10.9.